The normalized spacial score (nSPS) is 13.2. The average Bonchev–Trinajstić information content (AvgIpc) is 2.83. The van der Waals surface area contributed by atoms with Gasteiger partial charge in [0.15, 0.2) is 0 Å². The molecule has 8 N–H and O–H groups in total. The number of carboxylic acid groups (broad SMARTS) is 2. The van der Waals surface area contributed by atoms with Crippen molar-refractivity contribution in [2.45, 2.75) is 38.4 Å². The Hall–Kier alpha value is -3.26. The van der Waals surface area contributed by atoms with Crippen LogP contribution in [0.2, 0.25) is 0 Å². The Morgan fingerprint density at radius 3 is 1.25 bits per heavy atom. The summed E-state index contributed by atoms with van der Waals surface area (Å²) in [5.41, 5.74) is 0.953. The summed E-state index contributed by atoms with van der Waals surface area (Å²) in [5.74, 6) is -3.02. The molecule has 1 unspecified atom stereocenters. The van der Waals surface area contributed by atoms with Gasteiger partial charge in [0.1, 0.15) is 11.5 Å². The number of hydrogen-bond acceptors (Lipinski definition) is 10. The molecule has 0 aliphatic carbocycles. The standard InChI is InChI=1S/C24H32N2O10/c27-11-17-5-1-3-15(23(17)35)7-25(9-21(31)32)19(13-29)20(14-30)26(10-22(33)34)8-16-4-2-6-18(12-28)24(16)36/h1-6,19-20,27-30,35-36H,7-14H2,(H,31,32)(H,33,34)/t19-,20?/m1/s1. The van der Waals surface area contributed by atoms with Crippen LogP contribution in [0.5, 0.6) is 11.5 Å². The highest BCUT2D eigenvalue weighted by molar-refractivity contribution is 5.69. The monoisotopic (exact) mass is 508 g/mol. The van der Waals surface area contributed by atoms with Gasteiger partial charge < -0.3 is 40.9 Å². The molecule has 0 aromatic heterocycles. The average molecular weight is 509 g/mol. The molecule has 2 aromatic carbocycles. The predicted octanol–water partition coefficient (Wildman–Crippen LogP) is -0.722. The summed E-state index contributed by atoms with van der Waals surface area (Å²) >= 11 is 0. The molecule has 0 spiro atoms. The van der Waals surface area contributed by atoms with Crippen LogP contribution in [0.25, 0.3) is 0 Å². The van der Waals surface area contributed by atoms with Crippen molar-refractivity contribution < 1.29 is 50.4 Å². The molecule has 0 radical (unpaired) electrons. The molecule has 0 saturated carbocycles. The molecule has 0 bridgehead atoms. The maximum absolute atomic E-state index is 11.6. The summed E-state index contributed by atoms with van der Waals surface area (Å²) in [6, 6.07) is 6.91. The number of carboxylic acids is 2. The van der Waals surface area contributed by atoms with Crippen molar-refractivity contribution in [1.29, 1.82) is 0 Å². The van der Waals surface area contributed by atoms with Crippen LogP contribution in [0.15, 0.2) is 36.4 Å². The fourth-order valence-electron chi connectivity index (χ4n) is 4.13. The van der Waals surface area contributed by atoms with E-state index in [4.69, 9.17) is 0 Å². The van der Waals surface area contributed by atoms with Crippen molar-refractivity contribution in [3.8, 4) is 11.5 Å². The number of rotatable bonds is 15. The molecule has 198 valence electrons. The highest BCUT2D eigenvalue weighted by Gasteiger charge is 2.34. The largest absolute Gasteiger partial charge is 0.507 e. The minimum Gasteiger partial charge on any atom is -0.507 e. The lowest BCUT2D eigenvalue weighted by molar-refractivity contribution is -0.143. The quantitative estimate of drug-likeness (QED) is 0.150. The number of phenols is 2. The summed E-state index contributed by atoms with van der Waals surface area (Å²) in [4.78, 5) is 25.8. The Balaban J connectivity index is 2.47. The minimum atomic E-state index is -1.26. The minimum absolute atomic E-state index is 0.195. The SMILES string of the molecule is O=C(O)CN(Cc1cccc(CO)c1O)C(CO)[C@@H](CO)N(CC(=O)O)Cc1cccc(CO)c1O. The van der Waals surface area contributed by atoms with E-state index in [9.17, 15) is 50.4 Å². The lowest BCUT2D eigenvalue weighted by atomic mass is 10.0. The maximum atomic E-state index is 11.6. The Labute approximate surface area is 207 Å². The molecule has 0 saturated heterocycles. The first-order valence-corrected chi connectivity index (χ1v) is 11.1. The van der Waals surface area contributed by atoms with Gasteiger partial charge in [-0.3, -0.25) is 19.4 Å². The van der Waals surface area contributed by atoms with E-state index in [0.717, 1.165) is 0 Å². The second kappa shape index (κ2) is 13.7. The molecule has 36 heavy (non-hydrogen) atoms. The molecule has 12 nitrogen and oxygen atoms in total. The van der Waals surface area contributed by atoms with E-state index in [2.05, 4.69) is 0 Å². The zero-order valence-corrected chi connectivity index (χ0v) is 19.6. The fraction of sp³-hybridized carbons (Fsp3) is 0.417. The molecular weight excluding hydrogens is 476 g/mol. The number of para-hydroxylation sites is 2. The van der Waals surface area contributed by atoms with E-state index in [-0.39, 0.29) is 46.8 Å². The van der Waals surface area contributed by atoms with Gasteiger partial charge in [0.05, 0.1) is 51.6 Å². The molecule has 0 aliphatic heterocycles. The van der Waals surface area contributed by atoms with Gasteiger partial charge in [-0.05, 0) is 0 Å². The first kappa shape index (κ1) is 29.0. The van der Waals surface area contributed by atoms with Crippen molar-refractivity contribution in [1.82, 2.24) is 9.80 Å². The van der Waals surface area contributed by atoms with Crippen LogP contribution in [-0.2, 0) is 35.9 Å². The number of carbonyl (C=O) groups is 2. The number of nitrogens with zero attached hydrogens (tertiary/aromatic N) is 2. The second-order valence-corrected chi connectivity index (χ2v) is 8.26. The van der Waals surface area contributed by atoms with Crippen LogP contribution in [-0.4, -0.2) is 101 Å². The fourth-order valence-corrected chi connectivity index (χ4v) is 4.13. The van der Waals surface area contributed by atoms with Gasteiger partial charge in [-0.2, -0.15) is 0 Å². The van der Waals surface area contributed by atoms with Gasteiger partial charge in [-0.25, -0.2) is 0 Å². The van der Waals surface area contributed by atoms with Crippen LogP contribution >= 0.6 is 0 Å². The Morgan fingerprint density at radius 1 is 0.639 bits per heavy atom. The smallest absolute Gasteiger partial charge is 0.317 e. The number of aliphatic carboxylic acids is 2. The second-order valence-electron chi connectivity index (χ2n) is 8.26. The zero-order chi connectivity index (χ0) is 26.8. The third-order valence-electron chi connectivity index (χ3n) is 5.93. The van der Waals surface area contributed by atoms with E-state index in [0.29, 0.717) is 0 Å². The van der Waals surface area contributed by atoms with Crippen molar-refractivity contribution in [2.24, 2.45) is 0 Å². The number of aliphatic hydroxyl groups is 4. The van der Waals surface area contributed by atoms with Crippen LogP contribution < -0.4 is 0 Å². The number of aliphatic hydroxyl groups excluding tert-OH is 4. The molecule has 2 atom stereocenters. The molecule has 2 aromatic rings. The first-order chi connectivity index (χ1) is 17.2. The van der Waals surface area contributed by atoms with Crippen molar-refractivity contribution in [3.63, 3.8) is 0 Å². The van der Waals surface area contributed by atoms with E-state index < -0.39 is 63.5 Å². The first-order valence-electron chi connectivity index (χ1n) is 11.1. The van der Waals surface area contributed by atoms with Gasteiger partial charge in [0.2, 0.25) is 0 Å². The highest BCUT2D eigenvalue weighted by Crippen LogP contribution is 2.28. The maximum Gasteiger partial charge on any atom is 0.317 e. The summed E-state index contributed by atoms with van der Waals surface area (Å²) in [7, 11) is 0. The predicted molar refractivity (Wildman–Crippen MR) is 126 cm³/mol. The lowest BCUT2D eigenvalue weighted by Gasteiger charge is -2.40. The molecule has 0 amide bonds. The molecule has 0 aliphatic rings. The highest BCUT2D eigenvalue weighted by atomic mass is 16.4. The summed E-state index contributed by atoms with van der Waals surface area (Å²) in [6.45, 7) is -3.86. The van der Waals surface area contributed by atoms with Gasteiger partial charge in [0.25, 0.3) is 0 Å². The number of aromatic hydroxyl groups is 2. The van der Waals surface area contributed by atoms with E-state index in [1.165, 1.54) is 34.1 Å². The van der Waals surface area contributed by atoms with E-state index >= 15 is 0 Å². The number of benzene rings is 2. The van der Waals surface area contributed by atoms with Crippen molar-refractivity contribution in [2.75, 3.05) is 26.3 Å². The van der Waals surface area contributed by atoms with Gasteiger partial charge in [0, 0.05) is 35.3 Å². The van der Waals surface area contributed by atoms with E-state index in [1.807, 2.05) is 0 Å². The van der Waals surface area contributed by atoms with Gasteiger partial charge >= 0.3 is 11.9 Å². The summed E-state index contributed by atoms with van der Waals surface area (Å²) in [6.07, 6.45) is 0. The Morgan fingerprint density at radius 2 is 0.972 bits per heavy atom. The Bertz CT molecular complexity index is 950. The van der Waals surface area contributed by atoms with Crippen LogP contribution in [0.3, 0.4) is 0 Å². The van der Waals surface area contributed by atoms with Gasteiger partial charge in [-0.1, -0.05) is 36.4 Å². The number of hydrogen-bond donors (Lipinski definition) is 8. The topological polar surface area (TPSA) is 202 Å². The molecule has 0 heterocycles. The lowest BCUT2D eigenvalue weighted by Crippen LogP contribution is -2.56. The molecule has 2 rings (SSSR count). The summed E-state index contributed by atoms with van der Waals surface area (Å²) in [5, 5.41) is 79.2. The summed E-state index contributed by atoms with van der Waals surface area (Å²) < 4.78 is 0. The van der Waals surface area contributed by atoms with Crippen LogP contribution in [0.1, 0.15) is 22.3 Å². The van der Waals surface area contributed by atoms with Crippen LogP contribution in [0, 0.1) is 0 Å². The molecule has 12 heteroatoms. The third-order valence-corrected chi connectivity index (χ3v) is 5.93. The van der Waals surface area contributed by atoms with Crippen LogP contribution in [0.4, 0.5) is 0 Å². The van der Waals surface area contributed by atoms with Gasteiger partial charge in [-0.15, -0.1) is 0 Å². The van der Waals surface area contributed by atoms with E-state index in [1.54, 1.807) is 12.1 Å². The Kier molecular flexibility index (Phi) is 11.0. The molecule has 0 fully saturated rings. The zero-order valence-electron chi connectivity index (χ0n) is 19.6. The van der Waals surface area contributed by atoms with Crippen molar-refractivity contribution in [3.05, 3.63) is 58.7 Å². The molecular formula is C24H32N2O10. The van der Waals surface area contributed by atoms with Crippen molar-refractivity contribution >= 4 is 11.9 Å². The third kappa shape index (κ3) is 7.37.